The van der Waals surface area contributed by atoms with E-state index in [0.29, 0.717) is 19.4 Å². The van der Waals surface area contributed by atoms with Crippen molar-refractivity contribution < 1.29 is 23.2 Å². The van der Waals surface area contributed by atoms with Gasteiger partial charge in [0.1, 0.15) is 17.5 Å². The predicted octanol–water partition coefficient (Wildman–Crippen LogP) is 3.61. The molecule has 2 fully saturated rings. The molecule has 0 saturated carbocycles. The monoisotopic (exact) mass is 428 g/mol. The van der Waals surface area contributed by atoms with Gasteiger partial charge in [-0.15, -0.1) is 0 Å². The van der Waals surface area contributed by atoms with Crippen molar-refractivity contribution in [1.82, 2.24) is 10.2 Å². The third kappa shape index (κ3) is 4.42. The molecule has 0 aromatic heterocycles. The number of likely N-dealkylation sites (tertiary alicyclic amines) is 1. The molecule has 1 N–H and O–H groups in total. The van der Waals surface area contributed by atoms with Gasteiger partial charge in [0.25, 0.3) is 5.52 Å². The second kappa shape index (κ2) is 9.02. The van der Waals surface area contributed by atoms with E-state index in [2.05, 4.69) is 5.32 Å². The number of hydrogen-bond acceptors (Lipinski definition) is 6. The summed E-state index contributed by atoms with van der Waals surface area (Å²) in [6.45, 7) is 1.25. The zero-order valence-corrected chi connectivity index (χ0v) is 17.5. The molecule has 4 rings (SSSR count). The Morgan fingerprint density at radius 3 is 2.03 bits per heavy atom. The van der Waals surface area contributed by atoms with E-state index in [1.54, 1.807) is 65.6 Å². The lowest BCUT2D eigenvalue weighted by Gasteiger charge is -2.28. The number of nitrogens with one attached hydrogen (secondary N) is 1. The van der Waals surface area contributed by atoms with E-state index in [-0.39, 0.29) is 23.4 Å². The first-order valence-corrected chi connectivity index (χ1v) is 11.8. The predicted molar refractivity (Wildman–Crippen MR) is 113 cm³/mol. The highest BCUT2D eigenvalue weighted by Gasteiger charge is 2.49. The molecule has 30 heavy (non-hydrogen) atoms. The maximum absolute atomic E-state index is 13.8. The van der Waals surface area contributed by atoms with Crippen molar-refractivity contribution in [3.05, 3.63) is 60.7 Å². The SMILES string of the molecule is O=C([C@@H]1CCCN1)N1CCC[C@H]1C(=O)P(=O)(Oc1ccccc1)Oc1ccccc1. The molecule has 8 heteroatoms. The normalized spacial score (nSPS) is 21.4. The van der Waals surface area contributed by atoms with Crippen LogP contribution in [-0.4, -0.2) is 41.5 Å². The average molecular weight is 428 g/mol. The van der Waals surface area contributed by atoms with Crippen molar-refractivity contribution in [2.24, 2.45) is 0 Å². The highest BCUT2D eigenvalue weighted by molar-refractivity contribution is 7.72. The number of rotatable bonds is 7. The summed E-state index contributed by atoms with van der Waals surface area (Å²) in [5, 5.41) is 3.18. The first-order chi connectivity index (χ1) is 14.6. The number of hydrogen-bond donors (Lipinski definition) is 1. The van der Waals surface area contributed by atoms with Crippen molar-refractivity contribution in [3.8, 4) is 11.5 Å². The lowest BCUT2D eigenvalue weighted by Crippen LogP contribution is -2.48. The number of carbonyl (C=O) groups excluding carboxylic acids is 2. The quantitative estimate of drug-likeness (QED) is 0.679. The Labute approximate surface area is 175 Å². The Bertz CT molecular complexity index is 886. The van der Waals surface area contributed by atoms with Gasteiger partial charge < -0.3 is 19.3 Å². The van der Waals surface area contributed by atoms with E-state index >= 15 is 0 Å². The molecule has 0 bridgehead atoms. The van der Waals surface area contributed by atoms with Gasteiger partial charge >= 0.3 is 7.60 Å². The van der Waals surface area contributed by atoms with Crippen molar-refractivity contribution in [1.29, 1.82) is 0 Å². The van der Waals surface area contributed by atoms with E-state index in [1.807, 2.05) is 0 Å². The van der Waals surface area contributed by atoms with E-state index in [4.69, 9.17) is 9.05 Å². The number of benzene rings is 2. The zero-order valence-electron chi connectivity index (χ0n) is 16.6. The Morgan fingerprint density at radius 1 is 0.900 bits per heavy atom. The molecule has 2 aliphatic heterocycles. The highest BCUT2D eigenvalue weighted by Crippen LogP contribution is 2.51. The first-order valence-electron chi connectivity index (χ1n) is 10.2. The van der Waals surface area contributed by atoms with Crippen LogP contribution in [0.4, 0.5) is 0 Å². The molecule has 0 radical (unpaired) electrons. The van der Waals surface area contributed by atoms with Crippen LogP contribution in [0.1, 0.15) is 25.7 Å². The van der Waals surface area contributed by atoms with E-state index in [1.165, 1.54) is 0 Å². The molecule has 7 nitrogen and oxygen atoms in total. The summed E-state index contributed by atoms with van der Waals surface area (Å²) in [6, 6.07) is 15.9. The Balaban J connectivity index is 1.61. The van der Waals surface area contributed by atoms with Crippen LogP contribution in [-0.2, 0) is 14.2 Å². The smallest absolute Gasteiger partial charge is 0.411 e. The van der Waals surface area contributed by atoms with Gasteiger partial charge in [0, 0.05) is 6.54 Å². The highest BCUT2D eigenvalue weighted by atomic mass is 31.2. The van der Waals surface area contributed by atoms with Gasteiger partial charge in [0.05, 0.1) is 6.04 Å². The lowest BCUT2D eigenvalue weighted by molar-refractivity contribution is -0.137. The van der Waals surface area contributed by atoms with Gasteiger partial charge in [-0.1, -0.05) is 36.4 Å². The maximum Gasteiger partial charge on any atom is 0.500 e. The number of carbonyl (C=O) groups is 2. The molecular formula is C22H25N2O5P. The number of nitrogens with zero attached hydrogens (tertiary/aromatic N) is 1. The first kappa shape index (κ1) is 20.6. The third-order valence-corrected chi connectivity index (χ3v) is 7.13. The minimum atomic E-state index is -4.27. The molecule has 2 aromatic rings. The second-order valence-corrected chi connectivity index (χ2v) is 9.28. The standard InChI is InChI=1S/C22H25N2O5P/c25-21(19-13-7-15-23-19)24-16-8-14-20(24)22(26)30(27,28-17-9-3-1-4-10-17)29-18-11-5-2-6-12-18/h1-6,9-12,19-20,23H,7-8,13-16H2/t19-,20-/m0/s1. The van der Waals surface area contributed by atoms with Crippen LogP contribution in [0.5, 0.6) is 11.5 Å². The zero-order chi connectivity index (χ0) is 21.0. The van der Waals surface area contributed by atoms with Gasteiger partial charge in [0.15, 0.2) is 0 Å². The summed E-state index contributed by atoms with van der Waals surface area (Å²) in [5.41, 5.74) is -0.681. The molecule has 0 unspecified atom stereocenters. The van der Waals surface area contributed by atoms with E-state index < -0.39 is 19.2 Å². The Kier molecular flexibility index (Phi) is 6.21. The van der Waals surface area contributed by atoms with Crippen LogP contribution in [0.2, 0.25) is 0 Å². The van der Waals surface area contributed by atoms with Gasteiger partial charge in [-0.3, -0.25) is 9.59 Å². The second-order valence-electron chi connectivity index (χ2n) is 7.48. The van der Waals surface area contributed by atoms with Gasteiger partial charge in [-0.2, -0.15) is 0 Å². The minimum Gasteiger partial charge on any atom is -0.411 e. The maximum atomic E-state index is 13.8. The molecular weight excluding hydrogens is 403 g/mol. The summed E-state index contributed by atoms with van der Waals surface area (Å²) in [6.07, 6.45) is 2.79. The van der Waals surface area contributed by atoms with E-state index in [0.717, 1.165) is 19.4 Å². The third-order valence-electron chi connectivity index (χ3n) is 5.39. The molecule has 2 saturated heterocycles. The van der Waals surface area contributed by atoms with Crippen molar-refractivity contribution in [2.75, 3.05) is 13.1 Å². The van der Waals surface area contributed by atoms with Crippen LogP contribution < -0.4 is 14.4 Å². The Hall–Kier alpha value is -2.63. The molecule has 2 atom stereocenters. The molecule has 2 aromatic carbocycles. The fourth-order valence-corrected chi connectivity index (χ4v) is 5.56. The molecule has 158 valence electrons. The van der Waals surface area contributed by atoms with Gasteiger partial charge in [-0.05, 0) is 56.5 Å². The van der Waals surface area contributed by atoms with E-state index in [9.17, 15) is 14.2 Å². The van der Waals surface area contributed by atoms with Crippen molar-refractivity contribution >= 4 is 19.0 Å². The Morgan fingerprint density at radius 2 is 1.50 bits per heavy atom. The fraction of sp³-hybridized carbons (Fsp3) is 0.364. The van der Waals surface area contributed by atoms with Crippen LogP contribution in [0.25, 0.3) is 0 Å². The molecule has 0 spiro atoms. The number of amides is 1. The fourth-order valence-electron chi connectivity index (χ4n) is 3.91. The average Bonchev–Trinajstić information content (AvgIpc) is 3.46. The molecule has 0 aliphatic carbocycles. The summed E-state index contributed by atoms with van der Waals surface area (Å²) >= 11 is 0. The van der Waals surface area contributed by atoms with Crippen molar-refractivity contribution in [3.63, 3.8) is 0 Å². The van der Waals surface area contributed by atoms with Crippen LogP contribution in [0.15, 0.2) is 60.7 Å². The molecule has 2 heterocycles. The van der Waals surface area contributed by atoms with Gasteiger partial charge in [-0.25, -0.2) is 4.57 Å². The summed E-state index contributed by atoms with van der Waals surface area (Å²) in [7, 11) is -4.27. The summed E-state index contributed by atoms with van der Waals surface area (Å²) in [4.78, 5) is 28.0. The summed E-state index contributed by atoms with van der Waals surface area (Å²) < 4.78 is 25.1. The van der Waals surface area contributed by atoms with Crippen LogP contribution in [0, 0.1) is 0 Å². The summed E-state index contributed by atoms with van der Waals surface area (Å²) in [5.74, 6) is 0.436. The molecule has 2 aliphatic rings. The van der Waals surface area contributed by atoms with Crippen LogP contribution in [0.3, 0.4) is 0 Å². The molecule has 1 amide bonds. The number of para-hydroxylation sites is 2. The lowest BCUT2D eigenvalue weighted by atomic mass is 10.2. The van der Waals surface area contributed by atoms with Crippen LogP contribution >= 0.6 is 7.60 Å². The topological polar surface area (TPSA) is 84.9 Å². The minimum absolute atomic E-state index is 0.116. The van der Waals surface area contributed by atoms with Crippen molar-refractivity contribution in [2.45, 2.75) is 37.8 Å². The largest absolute Gasteiger partial charge is 0.500 e. The van der Waals surface area contributed by atoms with Gasteiger partial charge in [0.2, 0.25) is 5.91 Å².